The Hall–Kier alpha value is -3.73. The van der Waals surface area contributed by atoms with E-state index < -0.39 is 18.0 Å². The number of aryl methyl sites for hydroxylation is 2. The van der Waals surface area contributed by atoms with Gasteiger partial charge in [-0.2, -0.15) is 0 Å². The summed E-state index contributed by atoms with van der Waals surface area (Å²) in [4.78, 5) is 37.5. The van der Waals surface area contributed by atoms with E-state index in [0.717, 1.165) is 11.1 Å². The molecule has 0 bridgehead atoms. The lowest BCUT2D eigenvalue weighted by molar-refractivity contribution is 0.0280. The first-order valence-electron chi connectivity index (χ1n) is 9.46. The maximum atomic E-state index is 13.2. The van der Waals surface area contributed by atoms with Crippen LogP contribution in [0.3, 0.4) is 0 Å². The third kappa shape index (κ3) is 4.81. The van der Waals surface area contributed by atoms with E-state index in [4.69, 9.17) is 4.74 Å². The number of methoxy groups -OCH3 is 1. The maximum absolute atomic E-state index is 13.2. The summed E-state index contributed by atoms with van der Waals surface area (Å²) in [6.45, 7) is 3.87. The predicted octanol–water partition coefficient (Wildman–Crippen LogP) is 4.87. The quantitative estimate of drug-likeness (QED) is 0.435. The molecule has 3 aromatic carbocycles. The van der Waals surface area contributed by atoms with Gasteiger partial charge in [0.05, 0.1) is 18.2 Å². The molecule has 30 heavy (non-hydrogen) atoms. The average Bonchev–Trinajstić information content (AvgIpc) is 2.77. The van der Waals surface area contributed by atoms with Gasteiger partial charge in [0, 0.05) is 11.1 Å². The number of Topliss-reactive ketones (excluding diaryl/α,β-unsaturated/α-hetero) is 1. The number of rotatable bonds is 6. The second kappa shape index (κ2) is 9.18. The van der Waals surface area contributed by atoms with Crippen LogP contribution in [0, 0.1) is 13.8 Å². The Morgan fingerprint density at radius 1 is 0.633 bits per heavy atom. The molecule has 0 aliphatic heterocycles. The Morgan fingerprint density at radius 2 is 1.07 bits per heavy atom. The van der Waals surface area contributed by atoms with Crippen LogP contribution in [0.4, 0.5) is 0 Å². The second-order valence-electron chi connectivity index (χ2n) is 7.00. The molecule has 3 aromatic rings. The summed E-state index contributed by atoms with van der Waals surface area (Å²) in [5.41, 5.74) is 3.66. The lowest BCUT2D eigenvalue weighted by Crippen LogP contribution is -2.20. The highest BCUT2D eigenvalue weighted by Gasteiger charge is 2.27. The summed E-state index contributed by atoms with van der Waals surface area (Å²) in [6.07, 6.45) is -1.08. The molecule has 0 N–H and O–H groups in total. The van der Waals surface area contributed by atoms with E-state index in [9.17, 15) is 14.4 Å². The first kappa shape index (κ1) is 21.0. The van der Waals surface area contributed by atoms with Gasteiger partial charge < -0.3 is 9.47 Å². The van der Waals surface area contributed by atoms with E-state index in [1.54, 1.807) is 24.3 Å². The number of carbonyl (C=O) groups is 3. The molecule has 152 valence electrons. The van der Waals surface area contributed by atoms with Crippen molar-refractivity contribution >= 4 is 17.7 Å². The van der Waals surface area contributed by atoms with E-state index in [1.165, 1.54) is 31.4 Å². The van der Waals surface area contributed by atoms with Crippen molar-refractivity contribution in [1.82, 2.24) is 0 Å². The predicted molar refractivity (Wildman–Crippen MR) is 113 cm³/mol. The van der Waals surface area contributed by atoms with Crippen LogP contribution in [-0.2, 0) is 9.47 Å². The summed E-state index contributed by atoms with van der Waals surface area (Å²) in [5.74, 6) is -1.46. The zero-order valence-corrected chi connectivity index (χ0v) is 17.0. The molecule has 0 aliphatic carbocycles. The van der Waals surface area contributed by atoms with Gasteiger partial charge in [0.1, 0.15) is 0 Å². The normalized spacial score (nSPS) is 11.4. The van der Waals surface area contributed by atoms with Crippen LogP contribution in [0.1, 0.15) is 53.9 Å². The summed E-state index contributed by atoms with van der Waals surface area (Å²) in [5, 5.41) is 0. The van der Waals surface area contributed by atoms with E-state index in [2.05, 4.69) is 4.74 Å². The molecule has 0 spiro atoms. The number of ketones is 1. The molecule has 3 rings (SSSR count). The Kier molecular flexibility index (Phi) is 6.42. The average molecular weight is 402 g/mol. The number of esters is 2. The fraction of sp³-hybridized carbons (Fsp3) is 0.160. The highest BCUT2D eigenvalue weighted by Crippen LogP contribution is 2.25. The van der Waals surface area contributed by atoms with E-state index in [-0.39, 0.29) is 11.3 Å². The fourth-order valence-electron chi connectivity index (χ4n) is 2.92. The molecule has 0 saturated heterocycles. The zero-order valence-electron chi connectivity index (χ0n) is 17.0. The molecule has 1 unspecified atom stereocenters. The standard InChI is InChI=1S/C25H22O5/c1-16-4-8-18(9-5-16)22(26)23(19-10-6-17(2)7-11-19)30-25(28)21-14-12-20(13-15-21)24(27)29-3/h4-15,23H,1-3H3. The SMILES string of the molecule is COC(=O)c1ccc(C(=O)OC(C(=O)c2ccc(C)cc2)c2ccc(C)cc2)cc1. The second-order valence-corrected chi connectivity index (χ2v) is 7.00. The Balaban J connectivity index is 1.89. The first-order valence-corrected chi connectivity index (χ1v) is 9.46. The summed E-state index contributed by atoms with van der Waals surface area (Å²) >= 11 is 0. The highest BCUT2D eigenvalue weighted by molar-refractivity contribution is 6.02. The van der Waals surface area contributed by atoms with Crippen LogP contribution in [-0.4, -0.2) is 24.8 Å². The van der Waals surface area contributed by atoms with Crippen LogP contribution >= 0.6 is 0 Å². The Labute approximate surface area is 175 Å². The molecule has 1 atom stereocenters. The monoisotopic (exact) mass is 402 g/mol. The molecule has 0 fully saturated rings. The minimum atomic E-state index is -1.08. The molecule has 5 heteroatoms. The van der Waals surface area contributed by atoms with Crippen molar-refractivity contribution in [2.24, 2.45) is 0 Å². The van der Waals surface area contributed by atoms with Gasteiger partial charge in [0.25, 0.3) is 0 Å². The van der Waals surface area contributed by atoms with Crippen molar-refractivity contribution < 1.29 is 23.9 Å². The van der Waals surface area contributed by atoms with E-state index >= 15 is 0 Å². The lowest BCUT2D eigenvalue weighted by atomic mass is 9.98. The third-order valence-corrected chi connectivity index (χ3v) is 4.72. The topological polar surface area (TPSA) is 69.7 Å². The lowest BCUT2D eigenvalue weighted by Gasteiger charge is -2.18. The van der Waals surface area contributed by atoms with Crippen LogP contribution in [0.2, 0.25) is 0 Å². The molecular weight excluding hydrogens is 380 g/mol. The van der Waals surface area contributed by atoms with Gasteiger partial charge in [-0.05, 0) is 38.1 Å². The van der Waals surface area contributed by atoms with Crippen molar-refractivity contribution in [2.75, 3.05) is 7.11 Å². The van der Waals surface area contributed by atoms with E-state index in [1.807, 2.05) is 38.1 Å². The van der Waals surface area contributed by atoms with Crippen molar-refractivity contribution in [3.63, 3.8) is 0 Å². The van der Waals surface area contributed by atoms with Crippen LogP contribution in [0.5, 0.6) is 0 Å². The van der Waals surface area contributed by atoms with Crippen LogP contribution in [0.15, 0.2) is 72.8 Å². The van der Waals surface area contributed by atoms with Gasteiger partial charge in [-0.25, -0.2) is 9.59 Å². The summed E-state index contributed by atoms with van der Waals surface area (Å²) in [6, 6.07) is 20.3. The summed E-state index contributed by atoms with van der Waals surface area (Å²) < 4.78 is 10.3. The third-order valence-electron chi connectivity index (χ3n) is 4.72. The van der Waals surface area contributed by atoms with Gasteiger partial charge in [0.15, 0.2) is 6.10 Å². The number of benzene rings is 3. The minimum absolute atomic E-state index is 0.233. The number of hydrogen-bond donors (Lipinski definition) is 0. The summed E-state index contributed by atoms with van der Waals surface area (Å²) in [7, 11) is 1.29. The smallest absolute Gasteiger partial charge is 0.339 e. The van der Waals surface area contributed by atoms with Gasteiger partial charge >= 0.3 is 11.9 Å². The van der Waals surface area contributed by atoms with Crippen LogP contribution in [0.25, 0.3) is 0 Å². The molecular formula is C25H22O5. The van der Waals surface area contributed by atoms with E-state index in [0.29, 0.717) is 16.7 Å². The van der Waals surface area contributed by atoms with Crippen molar-refractivity contribution in [1.29, 1.82) is 0 Å². The molecule has 0 saturated carbocycles. The number of hydrogen-bond acceptors (Lipinski definition) is 5. The van der Waals surface area contributed by atoms with Gasteiger partial charge in [0.2, 0.25) is 5.78 Å². The van der Waals surface area contributed by atoms with Crippen molar-refractivity contribution in [3.05, 3.63) is 106 Å². The van der Waals surface area contributed by atoms with Gasteiger partial charge in [-0.3, -0.25) is 4.79 Å². The fourth-order valence-corrected chi connectivity index (χ4v) is 2.92. The van der Waals surface area contributed by atoms with Gasteiger partial charge in [-0.1, -0.05) is 59.7 Å². The Morgan fingerprint density at radius 3 is 1.57 bits per heavy atom. The molecule has 0 aliphatic rings. The zero-order chi connectivity index (χ0) is 21.7. The largest absolute Gasteiger partial charge is 0.465 e. The van der Waals surface area contributed by atoms with Crippen LogP contribution < -0.4 is 0 Å². The molecule has 5 nitrogen and oxygen atoms in total. The van der Waals surface area contributed by atoms with Crippen molar-refractivity contribution in [3.8, 4) is 0 Å². The molecule has 0 heterocycles. The highest BCUT2D eigenvalue weighted by atomic mass is 16.5. The molecule has 0 aromatic heterocycles. The molecule has 0 radical (unpaired) electrons. The molecule has 0 amide bonds. The minimum Gasteiger partial charge on any atom is -0.465 e. The van der Waals surface area contributed by atoms with Crippen molar-refractivity contribution in [2.45, 2.75) is 20.0 Å². The number of carbonyl (C=O) groups excluding carboxylic acids is 3. The Bertz CT molecular complexity index is 1050. The first-order chi connectivity index (χ1) is 14.4. The van der Waals surface area contributed by atoms with Gasteiger partial charge in [-0.15, -0.1) is 0 Å². The maximum Gasteiger partial charge on any atom is 0.339 e. The number of ether oxygens (including phenoxy) is 2.